The molecule has 119 valence electrons. The van der Waals surface area contributed by atoms with Crippen molar-refractivity contribution in [1.82, 2.24) is 4.90 Å². The van der Waals surface area contributed by atoms with Crippen LogP contribution in [0.2, 0.25) is 0 Å². The van der Waals surface area contributed by atoms with Crippen LogP contribution in [-0.2, 0) is 24.2 Å². The third kappa shape index (κ3) is 4.42. The van der Waals surface area contributed by atoms with Gasteiger partial charge in [-0.1, -0.05) is 48.5 Å². The lowest BCUT2D eigenvalue weighted by molar-refractivity contribution is -0.119. The zero-order valence-corrected chi connectivity index (χ0v) is 13.4. The molecule has 0 unspecified atom stereocenters. The van der Waals surface area contributed by atoms with Crippen LogP contribution in [0.25, 0.3) is 0 Å². The molecule has 0 saturated heterocycles. The minimum Gasteiger partial charge on any atom is -0.369 e. The van der Waals surface area contributed by atoms with Crippen molar-refractivity contribution in [3.05, 3.63) is 77.2 Å². The smallest absolute Gasteiger partial charge is 0.231 e. The second kappa shape index (κ2) is 7.42. The molecule has 3 heteroatoms. The molecule has 0 spiro atoms. The standard InChI is InChI=1S/C20H23N2O/c21-20(23)15-22-12-4-7-18-11-10-17(13-19(18)14-22)9-8-16-5-2-1-3-6-16/h1-3,5-6,9-11,13H,4,7-8,12,14-15H2,(H2,21,23). The molecule has 1 aliphatic rings. The van der Waals surface area contributed by atoms with Gasteiger partial charge in [0, 0.05) is 6.54 Å². The molecular weight excluding hydrogens is 284 g/mol. The van der Waals surface area contributed by atoms with Gasteiger partial charge in [-0.05, 0) is 54.5 Å². The summed E-state index contributed by atoms with van der Waals surface area (Å²) in [7, 11) is 0. The molecule has 1 radical (unpaired) electrons. The summed E-state index contributed by atoms with van der Waals surface area (Å²) in [5, 5.41) is 0. The molecule has 3 rings (SSSR count). The number of nitrogens with two attached hydrogens (primary N) is 1. The van der Waals surface area contributed by atoms with Crippen LogP contribution < -0.4 is 5.73 Å². The molecular formula is C20H23N2O. The van der Waals surface area contributed by atoms with Gasteiger partial charge in [-0.15, -0.1) is 0 Å². The van der Waals surface area contributed by atoms with E-state index in [1.165, 1.54) is 22.3 Å². The summed E-state index contributed by atoms with van der Waals surface area (Å²) in [6, 6.07) is 17.2. The van der Waals surface area contributed by atoms with Gasteiger partial charge in [-0.2, -0.15) is 0 Å². The van der Waals surface area contributed by atoms with Crippen LogP contribution in [0.1, 0.15) is 28.7 Å². The number of aryl methyl sites for hydroxylation is 1. The van der Waals surface area contributed by atoms with Crippen molar-refractivity contribution in [1.29, 1.82) is 0 Å². The topological polar surface area (TPSA) is 46.3 Å². The lowest BCUT2D eigenvalue weighted by Gasteiger charge is -2.18. The first kappa shape index (κ1) is 15.8. The van der Waals surface area contributed by atoms with Gasteiger partial charge in [0.2, 0.25) is 5.91 Å². The van der Waals surface area contributed by atoms with Crippen molar-refractivity contribution < 1.29 is 4.79 Å². The van der Waals surface area contributed by atoms with Crippen molar-refractivity contribution in [3.8, 4) is 0 Å². The third-order valence-electron chi connectivity index (χ3n) is 4.34. The van der Waals surface area contributed by atoms with Gasteiger partial charge < -0.3 is 5.73 Å². The first-order chi connectivity index (χ1) is 11.2. The first-order valence-corrected chi connectivity index (χ1v) is 8.20. The maximum Gasteiger partial charge on any atom is 0.231 e. The van der Waals surface area contributed by atoms with E-state index in [4.69, 9.17) is 5.73 Å². The van der Waals surface area contributed by atoms with Crippen LogP contribution in [0.15, 0.2) is 48.5 Å². The van der Waals surface area contributed by atoms with Crippen LogP contribution in [0.4, 0.5) is 0 Å². The molecule has 0 saturated carbocycles. The summed E-state index contributed by atoms with van der Waals surface area (Å²) < 4.78 is 0. The van der Waals surface area contributed by atoms with E-state index in [1.807, 2.05) is 6.07 Å². The minimum absolute atomic E-state index is 0.250. The highest BCUT2D eigenvalue weighted by Crippen LogP contribution is 2.21. The second-order valence-corrected chi connectivity index (χ2v) is 6.20. The Morgan fingerprint density at radius 3 is 2.74 bits per heavy atom. The molecule has 1 amide bonds. The van der Waals surface area contributed by atoms with Gasteiger partial charge in [0.15, 0.2) is 0 Å². The maximum atomic E-state index is 11.2. The number of primary amides is 1. The maximum absolute atomic E-state index is 11.2. The summed E-state index contributed by atoms with van der Waals surface area (Å²) in [4.78, 5) is 13.3. The van der Waals surface area contributed by atoms with E-state index in [0.29, 0.717) is 6.54 Å². The van der Waals surface area contributed by atoms with Crippen LogP contribution in [0.5, 0.6) is 0 Å². The first-order valence-electron chi connectivity index (χ1n) is 8.20. The quantitative estimate of drug-likeness (QED) is 0.923. The Bertz CT molecular complexity index is 667. The molecule has 0 aromatic heterocycles. The van der Waals surface area contributed by atoms with E-state index in [2.05, 4.69) is 53.8 Å². The van der Waals surface area contributed by atoms with Crippen LogP contribution in [-0.4, -0.2) is 23.9 Å². The largest absolute Gasteiger partial charge is 0.369 e. The average molecular weight is 307 g/mol. The Balaban J connectivity index is 1.70. The van der Waals surface area contributed by atoms with Gasteiger partial charge in [0.05, 0.1) is 6.54 Å². The molecule has 1 heterocycles. The van der Waals surface area contributed by atoms with Crippen LogP contribution in [0, 0.1) is 6.42 Å². The van der Waals surface area contributed by atoms with Crippen molar-refractivity contribution in [3.63, 3.8) is 0 Å². The predicted octanol–water partition coefficient (Wildman–Crippen LogP) is 2.72. The Labute approximate surface area is 138 Å². The van der Waals surface area contributed by atoms with Gasteiger partial charge in [0.1, 0.15) is 0 Å². The molecule has 0 fully saturated rings. The number of fused-ring (bicyclic) bond motifs is 1. The summed E-state index contributed by atoms with van der Waals surface area (Å²) >= 11 is 0. The van der Waals surface area contributed by atoms with E-state index < -0.39 is 0 Å². The fourth-order valence-electron chi connectivity index (χ4n) is 3.18. The molecule has 0 bridgehead atoms. The van der Waals surface area contributed by atoms with E-state index in [-0.39, 0.29) is 5.91 Å². The predicted molar refractivity (Wildman–Crippen MR) is 92.8 cm³/mol. The number of benzene rings is 2. The number of carbonyl (C=O) groups excluding carboxylic acids is 1. The van der Waals surface area contributed by atoms with Gasteiger partial charge in [0.25, 0.3) is 0 Å². The van der Waals surface area contributed by atoms with Gasteiger partial charge in [-0.3, -0.25) is 9.69 Å². The minimum atomic E-state index is -0.250. The average Bonchev–Trinajstić information content (AvgIpc) is 2.74. The lowest BCUT2D eigenvalue weighted by atomic mass is 9.97. The molecule has 1 aliphatic heterocycles. The number of rotatable bonds is 5. The SMILES string of the molecule is NC(=O)CN1CCCc2ccc([CH]Cc3ccccc3)cc2C1. The number of carbonyl (C=O) groups is 1. The molecule has 0 aliphatic carbocycles. The Kier molecular flexibility index (Phi) is 5.09. The van der Waals surface area contributed by atoms with E-state index in [1.54, 1.807) is 0 Å². The van der Waals surface area contributed by atoms with E-state index in [9.17, 15) is 4.79 Å². The number of nitrogens with zero attached hydrogens (tertiary/aromatic N) is 1. The summed E-state index contributed by atoms with van der Waals surface area (Å²) in [6.45, 7) is 2.09. The fraction of sp³-hybridized carbons (Fsp3) is 0.300. The van der Waals surface area contributed by atoms with Crippen LogP contribution in [0.3, 0.4) is 0 Å². The monoisotopic (exact) mass is 307 g/mol. The van der Waals surface area contributed by atoms with Gasteiger partial charge in [-0.25, -0.2) is 0 Å². The Hall–Kier alpha value is -2.13. The molecule has 2 N–H and O–H groups in total. The van der Waals surface area contributed by atoms with E-state index in [0.717, 1.165) is 32.4 Å². The Morgan fingerprint density at radius 1 is 1.13 bits per heavy atom. The molecule has 2 aromatic carbocycles. The summed E-state index contributed by atoms with van der Waals surface area (Å²) in [5.74, 6) is -0.250. The number of amides is 1. The Morgan fingerprint density at radius 2 is 1.96 bits per heavy atom. The van der Waals surface area contributed by atoms with Gasteiger partial charge >= 0.3 is 0 Å². The molecule has 23 heavy (non-hydrogen) atoms. The highest BCUT2D eigenvalue weighted by atomic mass is 16.1. The summed E-state index contributed by atoms with van der Waals surface area (Å²) in [5.41, 5.74) is 10.6. The number of hydrogen-bond acceptors (Lipinski definition) is 2. The lowest BCUT2D eigenvalue weighted by Crippen LogP contribution is -2.33. The van der Waals surface area contributed by atoms with Crippen LogP contribution >= 0.6 is 0 Å². The highest BCUT2D eigenvalue weighted by Gasteiger charge is 2.16. The van der Waals surface area contributed by atoms with Crippen molar-refractivity contribution >= 4 is 5.91 Å². The molecule has 2 aromatic rings. The highest BCUT2D eigenvalue weighted by molar-refractivity contribution is 5.75. The molecule has 0 atom stereocenters. The van der Waals surface area contributed by atoms with E-state index >= 15 is 0 Å². The van der Waals surface area contributed by atoms with Crippen molar-refractivity contribution in [2.24, 2.45) is 5.73 Å². The number of hydrogen-bond donors (Lipinski definition) is 1. The molecule has 3 nitrogen and oxygen atoms in total. The third-order valence-corrected chi connectivity index (χ3v) is 4.34. The zero-order valence-electron chi connectivity index (χ0n) is 13.4. The normalized spacial score (nSPS) is 15.0. The second-order valence-electron chi connectivity index (χ2n) is 6.20. The summed E-state index contributed by atoms with van der Waals surface area (Å²) in [6.07, 6.45) is 5.35. The van der Waals surface area contributed by atoms with Crippen molar-refractivity contribution in [2.75, 3.05) is 13.1 Å². The zero-order chi connectivity index (χ0) is 16.1. The fourth-order valence-corrected chi connectivity index (χ4v) is 3.18. The van der Waals surface area contributed by atoms with Crippen molar-refractivity contribution in [2.45, 2.75) is 25.8 Å².